The third kappa shape index (κ3) is 4.42. The highest BCUT2D eigenvalue weighted by Crippen LogP contribution is 2.28. The Morgan fingerprint density at radius 1 is 1.05 bits per heavy atom. The molecule has 2 aromatic heterocycles. The van der Waals surface area contributed by atoms with Crippen molar-refractivity contribution in [2.45, 2.75) is 31.8 Å². The fourth-order valence-corrected chi connectivity index (χ4v) is 3.83. The van der Waals surface area contributed by atoms with E-state index in [1.54, 1.807) is 22.7 Å². The van der Waals surface area contributed by atoms with Gasteiger partial charge in [-0.1, -0.05) is 0 Å². The smallest absolute Gasteiger partial charge is 0.0245 e. The van der Waals surface area contributed by atoms with Gasteiger partial charge in [-0.3, -0.25) is 4.90 Å². The van der Waals surface area contributed by atoms with Crippen molar-refractivity contribution in [1.82, 2.24) is 10.2 Å². The molecule has 3 rings (SSSR count). The number of nitrogens with zero attached hydrogens (tertiary/aromatic N) is 1. The first-order chi connectivity index (χ1) is 9.92. The van der Waals surface area contributed by atoms with Crippen LogP contribution in [-0.2, 0) is 13.0 Å². The van der Waals surface area contributed by atoms with Crippen LogP contribution in [0.4, 0.5) is 0 Å². The van der Waals surface area contributed by atoms with Crippen LogP contribution in [0.3, 0.4) is 0 Å². The normalized spacial score (nSPS) is 15.1. The molecule has 1 N–H and O–H groups in total. The molecule has 4 heteroatoms. The summed E-state index contributed by atoms with van der Waals surface area (Å²) in [5.41, 5.74) is 2.93. The Kier molecular flexibility index (Phi) is 5.25. The summed E-state index contributed by atoms with van der Waals surface area (Å²) in [7, 11) is 0. The zero-order valence-corrected chi connectivity index (χ0v) is 13.4. The van der Waals surface area contributed by atoms with Crippen LogP contribution in [0.2, 0.25) is 0 Å². The predicted molar refractivity (Wildman–Crippen MR) is 88.6 cm³/mol. The first kappa shape index (κ1) is 14.3. The van der Waals surface area contributed by atoms with Gasteiger partial charge in [0.15, 0.2) is 0 Å². The van der Waals surface area contributed by atoms with Crippen LogP contribution < -0.4 is 5.32 Å². The Hall–Kier alpha value is -0.680. The summed E-state index contributed by atoms with van der Waals surface area (Å²) in [6.07, 6.45) is 3.93. The van der Waals surface area contributed by atoms with Crippen LogP contribution >= 0.6 is 22.7 Å². The zero-order valence-electron chi connectivity index (χ0n) is 11.8. The van der Waals surface area contributed by atoms with Gasteiger partial charge in [0.2, 0.25) is 0 Å². The summed E-state index contributed by atoms with van der Waals surface area (Å²) in [6, 6.07) is 5.32. The van der Waals surface area contributed by atoms with E-state index in [4.69, 9.17) is 0 Å². The van der Waals surface area contributed by atoms with Crippen molar-refractivity contribution in [1.29, 1.82) is 0 Å². The molecule has 1 saturated carbocycles. The molecule has 1 fully saturated rings. The van der Waals surface area contributed by atoms with Crippen molar-refractivity contribution in [3.8, 4) is 0 Å². The molecule has 0 radical (unpaired) electrons. The van der Waals surface area contributed by atoms with E-state index in [1.165, 1.54) is 30.5 Å². The van der Waals surface area contributed by atoms with Crippen molar-refractivity contribution in [2.24, 2.45) is 0 Å². The largest absolute Gasteiger partial charge is 0.315 e. The van der Waals surface area contributed by atoms with Crippen molar-refractivity contribution < 1.29 is 0 Å². The van der Waals surface area contributed by atoms with Gasteiger partial charge in [-0.05, 0) is 70.6 Å². The van der Waals surface area contributed by atoms with Gasteiger partial charge in [-0.2, -0.15) is 22.7 Å². The first-order valence-corrected chi connectivity index (χ1v) is 9.27. The van der Waals surface area contributed by atoms with Crippen LogP contribution in [0.25, 0.3) is 0 Å². The predicted octanol–water partition coefficient (Wildman–Crippen LogP) is 3.61. The molecule has 2 aromatic rings. The van der Waals surface area contributed by atoms with Gasteiger partial charge < -0.3 is 5.32 Å². The van der Waals surface area contributed by atoms with E-state index in [0.717, 1.165) is 32.1 Å². The van der Waals surface area contributed by atoms with E-state index in [9.17, 15) is 0 Å². The number of thiophene rings is 2. The van der Waals surface area contributed by atoms with E-state index >= 15 is 0 Å². The van der Waals surface area contributed by atoms with E-state index < -0.39 is 0 Å². The van der Waals surface area contributed by atoms with Gasteiger partial charge in [0.1, 0.15) is 0 Å². The summed E-state index contributed by atoms with van der Waals surface area (Å²) >= 11 is 3.59. The van der Waals surface area contributed by atoms with Gasteiger partial charge in [-0.25, -0.2) is 0 Å². The van der Waals surface area contributed by atoms with Gasteiger partial charge in [0.05, 0.1) is 0 Å². The molecular formula is C16H22N2S2. The molecule has 0 amide bonds. The van der Waals surface area contributed by atoms with Crippen LogP contribution in [0.1, 0.15) is 24.0 Å². The molecule has 108 valence electrons. The van der Waals surface area contributed by atoms with Crippen LogP contribution in [0.15, 0.2) is 33.7 Å². The molecule has 0 unspecified atom stereocenters. The lowest BCUT2D eigenvalue weighted by Gasteiger charge is -2.21. The average molecular weight is 307 g/mol. The number of nitrogens with one attached hydrogen (secondary N) is 1. The standard InChI is InChI=1S/C16H22N2S2/c1-2-16(1)18(11-15-5-10-20-13-15)8-7-17-6-3-14-4-9-19-12-14/h4-5,9-10,12-13,16-17H,1-3,6-8,11H2. The van der Waals surface area contributed by atoms with Crippen LogP contribution in [0, 0.1) is 0 Å². The summed E-state index contributed by atoms with van der Waals surface area (Å²) in [4.78, 5) is 2.64. The summed E-state index contributed by atoms with van der Waals surface area (Å²) in [6.45, 7) is 4.49. The maximum atomic E-state index is 3.58. The molecule has 1 aliphatic carbocycles. The summed E-state index contributed by atoms with van der Waals surface area (Å²) < 4.78 is 0. The minimum absolute atomic E-state index is 0.841. The Bertz CT molecular complexity index is 475. The molecule has 2 nitrogen and oxygen atoms in total. The summed E-state index contributed by atoms with van der Waals surface area (Å²) in [5, 5.41) is 12.4. The summed E-state index contributed by atoms with van der Waals surface area (Å²) in [5.74, 6) is 0. The highest BCUT2D eigenvalue weighted by Gasteiger charge is 2.28. The van der Waals surface area contributed by atoms with Gasteiger partial charge in [0.25, 0.3) is 0 Å². The van der Waals surface area contributed by atoms with E-state index in [0.29, 0.717) is 0 Å². The van der Waals surface area contributed by atoms with Crippen LogP contribution in [0.5, 0.6) is 0 Å². The number of hydrogen-bond acceptors (Lipinski definition) is 4. The maximum Gasteiger partial charge on any atom is 0.0245 e. The van der Waals surface area contributed by atoms with Crippen molar-refractivity contribution in [2.75, 3.05) is 19.6 Å². The Morgan fingerprint density at radius 3 is 2.45 bits per heavy atom. The van der Waals surface area contributed by atoms with E-state index in [-0.39, 0.29) is 0 Å². The second kappa shape index (κ2) is 7.36. The van der Waals surface area contributed by atoms with Crippen LogP contribution in [-0.4, -0.2) is 30.6 Å². The lowest BCUT2D eigenvalue weighted by molar-refractivity contribution is 0.255. The molecule has 20 heavy (non-hydrogen) atoms. The highest BCUT2D eigenvalue weighted by molar-refractivity contribution is 7.08. The quantitative estimate of drug-likeness (QED) is 0.712. The Labute approximate surface area is 129 Å². The SMILES string of the molecule is c1cc(CCNCCN(Cc2ccsc2)C2CC2)cs1. The third-order valence-electron chi connectivity index (χ3n) is 3.78. The Balaban J connectivity index is 1.35. The molecule has 0 aromatic carbocycles. The van der Waals surface area contributed by atoms with Crippen molar-refractivity contribution in [3.63, 3.8) is 0 Å². The molecule has 0 atom stereocenters. The number of rotatable bonds is 9. The fraction of sp³-hybridized carbons (Fsp3) is 0.500. The second-order valence-electron chi connectivity index (χ2n) is 5.46. The average Bonchev–Trinajstić information content (AvgIpc) is 2.96. The molecule has 2 heterocycles. The first-order valence-electron chi connectivity index (χ1n) is 7.39. The molecule has 0 aliphatic heterocycles. The second-order valence-corrected chi connectivity index (χ2v) is 7.02. The van der Waals surface area contributed by atoms with Gasteiger partial charge in [-0.15, -0.1) is 0 Å². The van der Waals surface area contributed by atoms with Crippen molar-refractivity contribution in [3.05, 3.63) is 44.8 Å². The zero-order chi connectivity index (χ0) is 13.6. The monoisotopic (exact) mass is 306 g/mol. The van der Waals surface area contributed by atoms with Crippen molar-refractivity contribution >= 4 is 22.7 Å². The Morgan fingerprint density at radius 2 is 1.80 bits per heavy atom. The fourth-order valence-electron chi connectivity index (χ4n) is 2.46. The minimum Gasteiger partial charge on any atom is -0.315 e. The lowest BCUT2D eigenvalue weighted by Crippen LogP contribution is -2.34. The molecule has 0 bridgehead atoms. The van der Waals surface area contributed by atoms with Gasteiger partial charge in [0, 0.05) is 25.7 Å². The molecule has 0 saturated heterocycles. The number of hydrogen-bond donors (Lipinski definition) is 1. The van der Waals surface area contributed by atoms with Gasteiger partial charge >= 0.3 is 0 Å². The molecule has 0 spiro atoms. The lowest BCUT2D eigenvalue weighted by atomic mass is 10.2. The topological polar surface area (TPSA) is 15.3 Å². The molecular weight excluding hydrogens is 284 g/mol. The minimum atomic E-state index is 0.841. The van der Waals surface area contributed by atoms with E-state index in [1.807, 2.05) is 0 Å². The third-order valence-corrected chi connectivity index (χ3v) is 5.24. The van der Waals surface area contributed by atoms with E-state index in [2.05, 4.69) is 43.9 Å². The highest BCUT2D eigenvalue weighted by atomic mass is 32.1. The molecule has 1 aliphatic rings. The maximum absolute atomic E-state index is 3.58.